The first kappa shape index (κ1) is 9.93. The molecule has 0 radical (unpaired) electrons. The topological polar surface area (TPSA) is 43.1 Å². The van der Waals surface area contributed by atoms with Crippen LogP contribution in [0.4, 0.5) is 0 Å². The molecule has 2 aromatic rings. The number of ketones is 1. The van der Waals surface area contributed by atoms with Crippen molar-refractivity contribution in [2.24, 2.45) is 0 Å². The Labute approximate surface area is 91.7 Å². The lowest BCUT2D eigenvalue weighted by Gasteiger charge is -1.98. The highest BCUT2D eigenvalue weighted by Crippen LogP contribution is 2.24. The van der Waals surface area contributed by atoms with Crippen LogP contribution in [0.5, 0.6) is 0 Å². The second-order valence-corrected chi connectivity index (χ2v) is 3.53. The summed E-state index contributed by atoms with van der Waals surface area (Å²) in [5.41, 5.74) is 1.31. The molecule has 0 N–H and O–H groups in total. The van der Waals surface area contributed by atoms with Crippen LogP contribution in [-0.2, 0) is 0 Å². The first-order chi connectivity index (χ1) is 7.18. The number of hydrogen-bond donors (Lipinski definition) is 0. The quantitative estimate of drug-likeness (QED) is 0.732. The van der Waals surface area contributed by atoms with Gasteiger partial charge in [0.25, 0.3) is 0 Å². The van der Waals surface area contributed by atoms with E-state index in [2.05, 4.69) is 4.98 Å². The van der Waals surface area contributed by atoms with Gasteiger partial charge in [0.2, 0.25) is 0 Å². The van der Waals surface area contributed by atoms with Crippen LogP contribution >= 0.6 is 11.6 Å². The Morgan fingerprint density at radius 2 is 2.27 bits per heavy atom. The van der Waals surface area contributed by atoms with Crippen molar-refractivity contribution >= 4 is 17.4 Å². The Morgan fingerprint density at radius 1 is 1.47 bits per heavy atom. The van der Waals surface area contributed by atoms with Crippen LogP contribution in [0.15, 0.2) is 35.1 Å². The van der Waals surface area contributed by atoms with Gasteiger partial charge >= 0.3 is 0 Å². The van der Waals surface area contributed by atoms with Crippen LogP contribution < -0.4 is 0 Å². The highest BCUT2D eigenvalue weighted by Gasteiger charge is 2.14. The Kier molecular flexibility index (Phi) is 2.56. The number of hydrogen-bond acceptors (Lipinski definition) is 3. The van der Waals surface area contributed by atoms with Gasteiger partial charge in [0, 0.05) is 17.5 Å². The molecule has 3 nitrogen and oxygen atoms in total. The van der Waals surface area contributed by atoms with Gasteiger partial charge < -0.3 is 4.42 Å². The number of oxazole rings is 1. The molecule has 1 aromatic heterocycles. The minimum atomic E-state index is -0.150. The standard InChI is InChI=1S/C11H8ClNO2/c1-7(14)11-10(13-6-15-11)8-3-2-4-9(12)5-8/h2-6H,1H3. The Balaban J connectivity index is 2.54. The van der Waals surface area contributed by atoms with Crippen LogP contribution in [0.25, 0.3) is 11.3 Å². The van der Waals surface area contributed by atoms with Gasteiger partial charge in [-0.3, -0.25) is 4.79 Å². The molecule has 0 bridgehead atoms. The average molecular weight is 222 g/mol. The molecule has 0 atom stereocenters. The fraction of sp³-hybridized carbons (Fsp3) is 0.0909. The highest BCUT2D eigenvalue weighted by atomic mass is 35.5. The molecule has 4 heteroatoms. The molecule has 0 spiro atoms. The Hall–Kier alpha value is -1.61. The van der Waals surface area contributed by atoms with Crippen molar-refractivity contribution in [3.63, 3.8) is 0 Å². The molecular formula is C11H8ClNO2. The summed E-state index contributed by atoms with van der Waals surface area (Å²) in [5, 5.41) is 0.602. The molecule has 15 heavy (non-hydrogen) atoms. The van der Waals surface area contributed by atoms with E-state index in [0.29, 0.717) is 10.7 Å². The predicted molar refractivity (Wildman–Crippen MR) is 57.0 cm³/mol. The van der Waals surface area contributed by atoms with Crippen molar-refractivity contribution in [2.75, 3.05) is 0 Å². The summed E-state index contributed by atoms with van der Waals surface area (Å²) in [6.45, 7) is 1.44. The molecule has 76 valence electrons. The summed E-state index contributed by atoms with van der Waals surface area (Å²) in [6.07, 6.45) is 1.26. The maximum absolute atomic E-state index is 11.2. The maximum atomic E-state index is 11.2. The molecule has 0 saturated heterocycles. The van der Waals surface area contributed by atoms with Crippen molar-refractivity contribution in [1.29, 1.82) is 0 Å². The van der Waals surface area contributed by atoms with Crippen LogP contribution in [0.1, 0.15) is 17.5 Å². The van der Waals surface area contributed by atoms with Crippen LogP contribution in [0, 0.1) is 0 Å². The second-order valence-electron chi connectivity index (χ2n) is 3.10. The molecule has 0 saturated carbocycles. The smallest absolute Gasteiger partial charge is 0.197 e. The van der Waals surface area contributed by atoms with Crippen molar-refractivity contribution < 1.29 is 9.21 Å². The maximum Gasteiger partial charge on any atom is 0.197 e. The van der Waals surface area contributed by atoms with Gasteiger partial charge in [-0.05, 0) is 12.1 Å². The summed E-state index contributed by atoms with van der Waals surface area (Å²) in [5.74, 6) is 0.111. The van der Waals surface area contributed by atoms with Gasteiger partial charge in [-0.15, -0.1) is 0 Å². The van der Waals surface area contributed by atoms with E-state index in [9.17, 15) is 4.79 Å². The average Bonchev–Trinajstić information content (AvgIpc) is 2.65. The van der Waals surface area contributed by atoms with Crippen LogP contribution in [0.3, 0.4) is 0 Å². The summed E-state index contributed by atoms with van der Waals surface area (Å²) in [7, 11) is 0. The summed E-state index contributed by atoms with van der Waals surface area (Å²) in [4.78, 5) is 15.2. The Bertz CT molecular complexity index is 505. The SMILES string of the molecule is CC(=O)c1ocnc1-c1cccc(Cl)c1. The first-order valence-electron chi connectivity index (χ1n) is 4.39. The number of aromatic nitrogens is 1. The minimum absolute atomic E-state index is 0.150. The van der Waals surface area contributed by atoms with Crippen molar-refractivity contribution in [2.45, 2.75) is 6.92 Å². The predicted octanol–water partition coefficient (Wildman–Crippen LogP) is 3.20. The zero-order valence-corrected chi connectivity index (χ0v) is 8.78. The fourth-order valence-corrected chi connectivity index (χ4v) is 1.53. The molecule has 0 aliphatic carbocycles. The summed E-state index contributed by atoms with van der Waals surface area (Å²) < 4.78 is 5.02. The normalized spacial score (nSPS) is 10.3. The number of nitrogens with zero attached hydrogens (tertiary/aromatic N) is 1. The molecule has 0 unspecified atom stereocenters. The summed E-state index contributed by atoms with van der Waals surface area (Å²) >= 11 is 5.85. The van der Waals surface area contributed by atoms with Gasteiger partial charge in [-0.1, -0.05) is 23.7 Å². The van der Waals surface area contributed by atoms with Crippen LogP contribution in [0.2, 0.25) is 5.02 Å². The first-order valence-corrected chi connectivity index (χ1v) is 4.76. The molecule has 0 aliphatic heterocycles. The van der Waals surface area contributed by atoms with E-state index >= 15 is 0 Å². The largest absolute Gasteiger partial charge is 0.440 e. The van der Waals surface area contributed by atoms with E-state index in [1.54, 1.807) is 18.2 Å². The highest BCUT2D eigenvalue weighted by molar-refractivity contribution is 6.30. The number of carbonyl (C=O) groups is 1. The third-order valence-corrected chi connectivity index (χ3v) is 2.22. The van der Waals surface area contributed by atoms with Crippen molar-refractivity contribution in [1.82, 2.24) is 4.98 Å². The molecule has 1 heterocycles. The lowest BCUT2D eigenvalue weighted by Crippen LogP contribution is -1.92. The summed E-state index contributed by atoms with van der Waals surface area (Å²) in [6, 6.07) is 7.14. The van der Waals surface area contributed by atoms with Gasteiger partial charge in [0.15, 0.2) is 17.9 Å². The van der Waals surface area contributed by atoms with E-state index in [0.717, 1.165) is 5.56 Å². The monoisotopic (exact) mass is 221 g/mol. The molecule has 2 rings (SSSR count). The number of halogens is 1. The van der Waals surface area contributed by atoms with Crippen LogP contribution in [-0.4, -0.2) is 10.8 Å². The van der Waals surface area contributed by atoms with Gasteiger partial charge in [-0.25, -0.2) is 4.98 Å². The third kappa shape index (κ3) is 1.92. The third-order valence-electron chi connectivity index (χ3n) is 1.99. The second kappa shape index (κ2) is 3.87. The van der Waals surface area contributed by atoms with Gasteiger partial charge in [-0.2, -0.15) is 0 Å². The lowest BCUT2D eigenvalue weighted by molar-refractivity contribution is 0.0988. The van der Waals surface area contributed by atoms with E-state index in [1.807, 2.05) is 6.07 Å². The zero-order valence-electron chi connectivity index (χ0n) is 8.03. The number of Topliss-reactive ketones (excluding diaryl/α,β-unsaturated/α-hetero) is 1. The zero-order chi connectivity index (χ0) is 10.8. The van der Waals surface area contributed by atoms with Crippen molar-refractivity contribution in [3.8, 4) is 11.3 Å². The minimum Gasteiger partial charge on any atom is -0.440 e. The lowest BCUT2D eigenvalue weighted by atomic mass is 10.1. The Morgan fingerprint density at radius 3 is 2.93 bits per heavy atom. The molecule has 0 fully saturated rings. The van der Waals surface area contributed by atoms with E-state index in [-0.39, 0.29) is 11.5 Å². The molecular weight excluding hydrogens is 214 g/mol. The molecule has 0 aliphatic rings. The number of rotatable bonds is 2. The number of benzene rings is 1. The fourth-order valence-electron chi connectivity index (χ4n) is 1.34. The molecule has 0 amide bonds. The molecule has 1 aromatic carbocycles. The van der Waals surface area contributed by atoms with E-state index in [4.69, 9.17) is 16.0 Å². The number of carbonyl (C=O) groups excluding carboxylic acids is 1. The van der Waals surface area contributed by atoms with Gasteiger partial charge in [0.1, 0.15) is 5.69 Å². The van der Waals surface area contributed by atoms with Gasteiger partial charge in [0.05, 0.1) is 0 Å². The van der Waals surface area contributed by atoms with E-state index in [1.165, 1.54) is 13.3 Å². The van der Waals surface area contributed by atoms with Crippen molar-refractivity contribution in [3.05, 3.63) is 41.4 Å². The van der Waals surface area contributed by atoms with E-state index < -0.39 is 0 Å².